The Balaban J connectivity index is 2.04. The zero-order valence-electron chi connectivity index (χ0n) is 9.60. The number of imidazole rings is 1. The van der Waals surface area contributed by atoms with E-state index in [1.165, 1.54) is 24.2 Å². The molecule has 1 aromatic heterocycles. The third-order valence-corrected chi connectivity index (χ3v) is 3.41. The standard InChI is InChI=1S/C13H15N3S/c14-12(17)7-8-16-11-4-2-1-3-10(11)15-13(16)9-5-6-9/h1-4,9H,5-8H2,(H2,14,17). The van der Waals surface area contributed by atoms with Crippen molar-refractivity contribution in [3.05, 3.63) is 30.1 Å². The summed E-state index contributed by atoms with van der Waals surface area (Å²) in [7, 11) is 0. The van der Waals surface area contributed by atoms with E-state index < -0.39 is 0 Å². The number of para-hydroxylation sites is 2. The molecule has 0 atom stereocenters. The van der Waals surface area contributed by atoms with Crippen molar-refractivity contribution in [3.8, 4) is 0 Å². The SMILES string of the molecule is NC(=S)CCn1c(C2CC2)nc2ccccc21. The van der Waals surface area contributed by atoms with Gasteiger partial charge in [-0.05, 0) is 25.0 Å². The number of benzene rings is 1. The van der Waals surface area contributed by atoms with Crippen LogP contribution in [0.3, 0.4) is 0 Å². The van der Waals surface area contributed by atoms with E-state index >= 15 is 0 Å². The lowest BCUT2D eigenvalue weighted by Crippen LogP contribution is -2.13. The number of fused-ring (bicyclic) bond motifs is 1. The van der Waals surface area contributed by atoms with E-state index in [4.69, 9.17) is 22.9 Å². The van der Waals surface area contributed by atoms with Crippen molar-refractivity contribution >= 4 is 28.2 Å². The Labute approximate surface area is 106 Å². The summed E-state index contributed by atoms with van der Waals surface area (Å²) in [5.41, 5.74) is 7.87. The van der Waals surface area contributed by atoms with Crippen molar-refractivity contribution in [1.29, 1.82) is 0 Å². The summed E-state index contributed by atoms with van der Waals surface area (Å²) in [6.07, 6.45) is 3.27. The molecule has 3 nitrogen and oxygen atoms in total. The molecule has 0 bridgehead atoms. The van der Waals surface area contributed by atoms with Gasteiger partial charge in [0.15, 0.2) is 0 Å². The van der Waals surface area contributed by atoms with Gasteiger partial charge < -0.3 is 10.3 Å². The maximum atomic E-state index is 5.59. The van der Waals surface area contributed by atoms with Crippen molar-refractivity contribution in [3.63, 3.8) is 0 Å². The smallest absolute Gasteiger partial charge is 0.113 e. The second kappa shape index (κ2) is 4.11. The van der Waals surface area contributed by atoms with E-state index in [2.05, 4.69) is 22.8 Å². The molecule has 88 valence electrons. The maximum Gasteiger partial charge on any atom is 0.113 e. The second-order valence-electron chi connectivity index (χ2n) is 4.60. The highest BCUT2D eigenvalue weighted by molar-refractivity contribution is 7.80. The third-order valence-electron chi connectivity index (χ3n) is 3.21. The minimum absolute atomic E-state index is 0.574. The van der Waals surface area contributed by atoms with Gasteiger partial charge in [0.2, 0.25) is 0 Å². The van der Waals surface area contributed by atoms with Crippen LogP contribution in [0.25, 0.3) is 11.0 Å². The van der Waals surface area contributed by atoms with Gasteiger partial charge in [-0.1, -0.05) is 24.4 Å². The van der Waals surface area contributed by atoms with Crippen LogP contribution in [0.4, 0.5) is 0 Å². The minimum atomic E-state index is 0.574. The van der Waals surface area contributed by atoms with Gasteiger partial charge in [-0.3, -0.25) is 0 Å². The molecule has 0 radical (unpaired) electrons. The zero-order chi connectivity index (χ0) is 11.8. The number of aryl methyl sites for hydroxylation is 1. The molecule has 1 aliphatic carbocycles. The summed E-state index contributed by atoms with van der Waals surface area (Å²) in [4.78, 5) is 5.31. The first-order chi connectivity index (χ1) is 8.25. The Hall–Kier alpha value is -1.42. The van der Waals surface area contributed by atoms with E-state index in [0.717, 1.165) is 18.5 Å². The summed E-state index contributed by atoms with van der Waals surface area (Å²) < 4.78 is 2.28. The Kier molecular flexibility index (Phi) is 2.59. The molecule has 0 aliphatic heterocycles. The van der Waals surface area contributed by atoms with Gasteiger partial charge in [-0.15, -0.1) is 0 Å². The average Bonchev–Trinajstić information content (AvgIpc) is 3.08. The lowest BCUT2D eigenvalue weighted by Gasteiger charge is -2.07. The highest BCUT2D eigenvalue weighted by Crippen LogP contribution is 2.40. The van der Waals surface area contributed by atoms with Crippen LogP contribution < -0.4 is 5.73 Å². The monoisotopic (exact) mass is 245 g/mol. The fourth-order valence-corrected chi connectivity index (χ4v) is 2.30. The van der Waals surface area contributed by atoms with E-state index in [1.807, 2.05) is 6.07 Å². The van der Waals surface area contributed by atoms with Crippen LogP contribution >= 0.6 is 12.2 Å². The van der Waals surface area contributed by atoms with Crippen LogP contribution in [0, 0.1) is 0 Å². The van der Waals surface area contributed by atoms with Crippen LogP contribution in [0.15, 0.2) is 24.3 Å². The van der Waals surface area contributed by atoms with Gasteiger partial charge in [0, 0.05) is 18.9 Å². The molecule has 1 heterocycles. The molecule has 0 spiro atoms. The Morgan fingerprint density at radius 1 is 1.41 bits per heavy atom. The fraction of sp³-hybridized carbons (Fsp3) is 0.385. The number of nitrogens with zero attached hydrogens (tertiary/aromatic N) is 2. The molecule has 17 heavy (non-hydrogen) atoms. The highest BCUT2D eigenvalue weighted by Gasteiger charge is 2.29. The van der Waals surface area contributed by atoms with Crippen molar-refractivity contribution in [2.24, 2.45) is 5.73 Å². The molecule has 1 fully saturated rings. The first kappa shape index (κ1) is 10.7. The molecule has 3 rings (SSSR count). The first-order valence-electron chi connectivity index (χ1n) is 5.99. The van der Waals surface area contributed by atoms with Crippen molar-refractivity contribution in [2.75, 3.05) is 0 Å². The van der Waals surface area contributed by atoms with Gasteiger partial charge in [-0.25, -0.2) is 4.98 Å². The van der Waals surface area contributed by atoms with Crippen molar-refractivity contribution in [2.45, 2.75) is 31.7 Å². The Morgan fingerprint density at radius 3 is 2.88 bits per heavy atom. The molecule has 2 N–H and O–H groups in total. The number of aromatic nitrogens is 2. The Morgan fingerprint density at radius 2 is 2.18 bits per heavy atom. The van der Waals surface area contributed by atoms with Gasteiger partial charge in [0.25, 0.3) is 0 Å². The zero-order valence-corrected chi connectivity index (χ0v) is 10.4. The van der Waals surface area contributed by atoms with Crippen molar-refractivity contribution in [1.82, 2.24) is 9.55 Å². The highest BCUT2D eigenvalue weighted by atomic mass is 32.1. The lowest BCUT2D eigenvalue weighted by molar-refractivity contribution is 0.693. The molecule has 0 unspecified atom stereocenters. The summed E-state index contributed by atoms with van der Waals surface area (Å²) in [6.45, 7) is 0.849. The summed E-state index contributed by atoms with van der Waals surface area (Å²) in [5, 5.41) is 0. The molecule has 4 heteroatoms. The van der Waals surface area contributed by atoms with Crippen LogP contribution in [-0.2, 0) is 6.54 Å². The van der Waals surface area contributed by atoms with Gasteiger partial charge in [0.1, 0.15) is 5.82 Å². The van der Waals surface area contributed by atoms with Crippen molar-refractivity contribution < 1.29 is 0 Å². The number of rotatable bonds is 4. The largest absolute Gasteiger partial charge is 0.393 e. The predicted octanol–water partition coefficient (Wildman–Crippen LogP) is 2.59. The summed E-state index contributed by atoms with van der Waals surface area (Å²) in [6, 6.07) is 8.27. The molecule has 0 saturated heterocycles. The number of hydrogen-bond acceptors (Lipinski definition) is 2. The molecular formula is C13H15N3S. The van der Waals surface area contributed by atoms with Gasteiger partial charge in [0.05, 0.1) is 16.0 Å². The number of thiocarbonyl (C=S) groups is 1. The van der Waals surface area contributed by atoms with E-state index in [0.29, 0.717) is 10.9 Å². The number of hydrogen-bond donors (Lipinski definition) is 1. The average molecular weight is 245 g/mol. The quantitative estimate of drug-likeness (QED) is 0.842. The first-order valence-corrected chi connectivity index (χ1v) is 6.40. The van der Waals surface area contributed by atoms with Crippen LogP contribution in [-0.4, -0.2) is 14.5 Å². The normalized spacial score (nSPS) is 15.3. The minimum Gasteiger partial charge on any atom is -0.393 e. The summed E-state index contributed by atoms with van der Waals surface area (Å²) >= 11 is 4.96. The number of nitrogens with two attached hydrogens (primary N) is 1. The van der Waals surface area contributed by atoms with Gasteiger partial charge >= 0.3 is 0 Å². The fourth-order valence-electron chi connectivity index (χ4n) is 2.20. The molecular weight excluding hydrogens is 230 g/mol. The second-order valence-corrected chi connectivity index (χ2v) is 5.13. The topological polar surface area (TPSA) is 43.8 Å². The van der Waals surface area contributed by atoms with E-state index in [1.54, 1.807) is 0 Å². The molecule has 2 aromatic rings. The van der Waals surface area contributed by atoms with Crippen LogP contribution in [0.1, 0.15) is 31.0 Å². The van der Waals surface area contributed by atoms with E-state index in [9.17, 15) is 0 Å². The maximum absolute atomic E-state index is 5.59. The van der Waals surface area contributed by atoms with Crippen LogP contribution in [0.2, 0.25) is 0 Å². The molecule has 1 aromatic carbocycles. The molecule has 0 amide bonds. The molecule has 1 aliphatic rings. The van der Waals surface area contributed by atoms with Gasteiger partial charge in [-0.2, -0.15) is 0 Å². The Bertz CT molecular complexity index is 569. The third kappa shape index (κ3) is 2.05. The predicted molar refractivity (Wildman–Crippen MR) is 73.1 cm³/mol. The van der Waals surface area contributed by atoms with E-state index in [-0.39, 0.29) is 0 Å². The summed E-state index contributed by atoms with van der Waals surface area (Å²) in [5.74, 6) is 1.86. The molecule has 1 saturated carbocycles. The lowest BCUT2D eigenvalue weighted by atomic mass is 10.3. The van der Waals surface area contributed by atoms with Crippen LogP contribution in [0.5, 0.6) is 0 Å².